The number of nitrogens with zero attached hydrogens (tertiary/aromatic N) is 3. The number of nitrogens with one attached hydrogen (secondary N) is 1. The maximum Gasteiger partial charge on any atom is 0.328 e. The summed E-state index contributed by atoms with van der Waals surface area (Å²) in [5.41, 5.74) is 0.714. The van der Waals surface area contributed by atoms with Crippen LogP contribution in [0, 0.1) is 6.92 Å². The molecule has 2 rings (SSSR count). The van der Waals surface area contributed by atoms with E-state index in [-0.39, 0.29) is 11.7 Å². The highest BCUT2D eigenvalue weighted by atomic mass is 16.5. The third-order valence-electron chi connectivity index (χ3n) is 2.19. The molecule has 0 radical (unpaired) electrons. The van der Waals surface area contributed by atoms with Gasteiger partial charge in [0.15, 0.2) is 5.82 Å². The van der Waals surface area contributed by atoms with E-state index in [0.717, 1.165) is 6.08 Å². The Morgan fingerprint density at radius 3 is 2.75 bits per heavy atom. The summed E-state index contributed by atoms with van der Waals surface area (Å²) in [6.45, 7) is 1.63. The minimum atomic E-state index is -1.06. The molecular weight excluding hydrogens is 264 g/mol. The molecule has 2 aromatic heterocycles. The van der Waals surface area contributed by atoms with Crippen molar-refractivity contribution in [1.29, 1.82) is 0 Å². The Morgan fingerprint density at radius 2 is 2.20 bits per heavy atom. The molecular formula is C12H10N4O4. The van der Waals surface area contributed by atoms with Crippen molar-refractivity contribution in [2.75, 3.05) is 5.32 Å². The van der Waals surface area contributed by atoms with E-state index in [9.17, 15) is 9.59 Å². The number of aliphatic carboxylic acids is 1. The summed E-state index contributed by atoms with van der Waals surface area (Å²) < 4.78 is 4.75. The smallest absolute Gasteiger partial charge is 0.328 e. The van der Waals surface area contributed by atoms with Gasteiger partial charge in [-0.25, -0.2) is 4.79 Å². The van der Waals surface area contributed by atoms with Crippen molar-refractivity contribution in [3.8, 4) is 0 Å². The molecule has 0 aliphatic rings. The molecule has 0 aliphatic heterocycles. The number of aryl methyl sites for hydroxylation is 1. The Hall–Kier alpha value is -3.03. The van der Waals surface area contributed by atoms with Crippen LogP contribution in [0.5, 0.6) is 0 Å². The molecule has 1 amide bonds. The third kappa shape index (κ3) is 3.48. The van der Waals surface area contributed by atoms with E-state index in [1.54, 1.807) is 13.0 Å². The van der Waals surface area contributed by atoms with E-state index >= 15 is 0 Å². The number of carbonyl (C=O) groups is 2. The van der Waals surface area contributed by atoms with E-state index in [2.05, 4.69) is 20.4 Å². The fourth-order valence-electron chi connectivity index (χ4n) is 1.31. The zero-order valence-electron chi connectivity index (χ0n) is 10.4. The molecule has 0 aliphatic carbocycles. The fraction of sp³-hybridized carbons (Fsp3) is 0.0833. The van der Waals surface area contributed by atoms with Crippen molar-refractivity contribution in [3.05, 3.63) is 41.5 Å². The molecule has 0 spiro atoms. The number of carboxylic acid groups (broad SMARTS) is 1. The SMILES string of the molecule is Cc1noc(NC(=O)c2ccc(/C=C/C(=O)O)cn2)n1. The monoisotopic (exact) mass is 274 g/mol. The summed E-state index contributed by atoms with van der Waals surface area (Å²) in [6.07, 6.45) is 3.74. The van der Waals surface area contributed by atoms with Crippen molar-refractivity contribution >= 4 is 24.0 Å². The number of pyridine rings is 1. The topological polar surface area (TPSA) is 118 Å². The minimum Gasteiger partial charge on any atom is -0.478 e. The normalized spacial score (nSPS) is 10.7. The molecule has 0 atom stereocenters. The summed E-state index contributed by atoms with van der Waals surface area (Å²) in [6, 6.07) is 3.02. The zero-order chi connectivity index (χ0) is 14.5. The highest BCUT2D eigenvalue weighted by Crippen LogP contribution is 2.07. The van der Waals surface area contributed by atoms with Crippen molar-refractivity contribution in [2.45, 2.75) is 6.92 Å². The van der Waals surface area contributed by atoms with Gasteiger partial charge >= 0.3 is 12.0 Å². The number of carboxylic acids is 1. The third-order valence-corrected chi connectivity index (χ3v) is 2.19. The van der Waals surface area contributed by atoms with Gasteiger partial charge in [0.2, 0.25) is 0 Å². The molecule has 8 heteroatoms. The van der Waals surface area contributed by atoms with E-state index in [1.165, 1.54) is 18.3 Å². The van der Waals surface area contributed by atoms with Crippen LogP contribution in [0.4, 0.5) is 6.01 Å². The molecule has 0 unspecified atom stereocenters. The van der Waals surface area contributed by atoms with Crippen LogP contribution < -0.4 is 5.32 Å². The van der Waals surface area contributed by atoms with Crippen molar-refractivity contribution in [1.82, 2.24) is 15.1 Å². The van der Waals surface area contributed by atoms with Gasteiger partial charge < -0.3 is 9.63 Å². The zero-order valence-corrected chi connectivity index (χ0v) is 10.4. The summed E-state index contributed by atoms with van der Waals surface area (Å²) >= 11 is 0. The summed E-state index contributed by atoms with van der Waals surface area (Å²) in [7, 11) is 0. The van der Waals surface area contributed by atoms with Crippen LogP contribution in [0.3, 0.4) is 0 Å². The van der Waals surface area contributed by atoms with Crippen LogP contribution in [-0.2, 0) is 4.79 Å². The summed E-state index contributed by atoms with van der Waals surface area (Å²) in [5.74, 6) is -1.15. The second kappa shape index (κ2) is 5.74. The Morgan fingerprint density at radius 1 is 1.40 bits per heavy atom. The quantitative estimate of drug-likeness (QED) is 0.802. The number of hydrogen-bond donors (Lipinski definition) is 2. The molecule has 0 saturated carbocycles. The van der Waals surface area contributed by atoms with Gasteiger partial charge in [0, 0.05) is 12.3 Å². The second-order valence-corrected chi connectivity index (χ2v) is 3.75. The first-order valence-electron chi connectivity index (χ1n) is 5.53. The molecule has 0 aromatic carbocycles. The molecule has 8 nitrogen and oxygen atoms in total. The maximum atomic E-state index is 11.8. The molecule has 20 heavy (non-hydrogen) atoms. The van der Waals surface area contributed by atoms with Crippen LogP contribution >= 0.6 is 0 Å². The molecule has 102 valence electrons. The highest BCUT2D eigenvalue weighted by Gasteiger charge is 2.11. The number of anilines is 1. The maximum absolute atomic E-state index is 11.8. The first-order valence-corrected chi connectivity index (χ1v) is 5.53. The van der Waals surface area contributed by atoms with Gasteiger partial charge in [-0.3, -0.25) is 15.1 Å². The number of aromatic nitrogens is 3. The lowest BCUT2D eigenvalue weighted by atomic mass is 10.2. The van der Waals surface area contributed by atoms with Gasteiger partial charge in [0.25, 0.3) is 5.91 Å². The average molecular weight is 274 g/mol. The summed E-state index contributed by atoms with van der Waals surface area (Å²) in [4.78, 5) is 29.9. The lowest BCUT2D eigenvalue weighted by Crippen LogP contribution is -2.13. The molecule has 2 heterocycles. The Balaban J connectivity index is 2.05. The van der Waals surface area contributed by atoms with Gasteiger partial charge in [-0.05, 0) is 24.6 Å². The standard InChI is InChI=1S/C12H10N4O4/c1-7-14-12(20-16-7)15-11(19)9-4-2-8(6-13-9)3-5-10(17)18/h2-6H,1H3,(H,17,18)(H,14,15,16,19)/b5-3+. The van der Waals surface area contributed by atoms with E-state index in [0.29, 0.717) is 11.4 Å². The predicted octanol–water partition coefficient (Wildman–Crippen LogP) is 1.12. The van der Waals surface area contributed by atoms with Gasteiger partial charge in [-0.1, -0.05) is 11.2 Å². The van der Waals surface area contributed by atoms with Crippen LogP contribution in [0.25, 0.3) is 6.08 Å². The molecule has 2 N–H and O–H groups in total. The van der Waals surface area contributed by atoms with Crippen LogP contribution in [0.15, 0.2) is 28.9 Å². The molecule has 2 aromatic rings. The van der Waals surface area contributed by atoms with Gasteiger partial charge in [0.05, 0.1) is 0 Å². The largest absolute Gasteiger partial charge is 0.478 e. The number of rotatable bonds is 4. The fourth-order valence-corrected chi connectivity index (χ4v) is 1.31. The highest BCUT2D eigenvalue weighted by molar-refractivity contribution is 6.01. The molecule has 0 saturated heterocycles. The molecule has 0 bridgehead atoms. The Kier molecular flexibility index (Phi) is 3.85. The average Bonchev–Trinajstić information content (AvgIpc) is 2.82. The second-order valence-electron chi connectivity index (χ2n) is 3.75. The Labute approximate surface area is 113 Å². The minimum absolute atomic E-state index is 0.0100. The number of carbonyl (C=O) groups excluding carboxylic acids is 1. The van der Waals surface area contributed by atoms with E-state index in [1.807, 2.05) is 0 Å². The predicted molar refractivity (Wildman–Crippen MR) is 67.9 cm³/mol. The van der Waals surface area contributed by atoms with Crippen molar-refractivity contribution in [3.63, 3.8) is 0 Å². The lowest BCUT2D eigenvalue weighted by Gasteiger charge is -1.99. The van der Waals surface area contributed by atoms with Gasteiger partial charge in [-0.2, -0.15) is 4.98 Å². The number of amides is 1. The van der Waals surface area contributed by atoms with Crippen molar-refractivity contribution < 1.29 is 19.2 Å². The van der Waals surface area contributed by atoms with E-state index < -0.39 is 11.9 Å². The van der Waals surface area contributed by atoms with Gasteiger partial charge in [0.1, 0.15) is 5.69 Å². The molecule has 0 fully saturated rings. The Bertz CT molecular complexity index is 660. The first-order chi connectivity index (χ1) is 9.54. The first kappa shape index (κ1) is 13.4. The van der Waals surface area contributed by atoms with Crippen molar-refractivity contribution in [2.24, 2.45) is 0 Å². The van der Waals surface area contributed by atoms with Gasteiger partial charge in [-0.15, -0.1) is 0 Å². The van der Waals surface area contributed by atoms with Crippen LogP contribution in [-0.4, -0.2) is 32.1 Å². The lowest BCUT2D eigenvalue weighted by molar-refractivity contribution is -0.131. The van der Waals surface area contributed by atoms with Crippen LogP contribution in [0.1, 0.15) is 21.9 Å². The van der Waals surface area contributed by atoms with E-state index in [4.69, 9.17) is 9.63 Å². The summed E-state index contributed by atoms with van der Waals surface area (Å²) in [5, 5.41) is 14.4. The number of hydrogen-bond acceptors (Lipinski definition) is 6. The van der Waals surface area contributed by atoms with Crippen LogP contribution in [0.2, 0.25) is 0 Å².